The number of Topliss-reactive ketones (excluding diaryl/α,β-unsaturated/α-hetero) is 1. The average molecular weight is 464 g/mol. The van der Waals surface area contributed by atoms with Crippen LogP contribution in [0.5, 0.6) is 5.75 Å². The quantitative estimate of drug-likeness (QED) is 0.314. The first-order valence-electron chi connectivity index (χ1n) is 10.9. The lowest BCUT2D eigenvalue weighted by Crippen LogP contribution is -2.29. The van der Waals surface area contributed by atoms with Gasteiger partial charge < -0.3 is 19.2 Å². The molecule has 4 rings (SSSR count). The van der Waals surface area contributed by atoms with Gasteiger partial charge in [-0.05, 0) is 46.9 Å². The molecule has 3 aromatic rings. The molecule has 1 amide bonds. The SMILES string of the molecule is COc1ccc(C(O)=C2C(=O)C(=O)N(Cc3ccco3)C2c2ccc(C(C)(C)C)cc2)cc1F. The molecule has 2 heterocycles. The maximum absolute atomic E-state index is 14.3. The van der Waals surface area contributed by atoms with Crippen molar-refractivity contribution in [3.63, 3.8) is 0 Å². The highest BCUT2D eigenvalue weighted by atomic mass is 19.1. The van der Waals surface area contributed by atoms with Gasteiger partial charge in [0.25, 0.3) is 11.7 Å². The standard InChI is InChI=1S/C27H26FNO5/c1-27(2,3)18-10-7-16(8-11-18)23-22(24(30)17-9-12-21(33-4)20(28)14-17)25(31)26(32)29(23)15-19-6-5-13-34-19/h5-14,23,30H,15H2,1-4H3. The molecule has 1 aliphatic heterocycles. The van der Waals surface area contributed by atoms with Crippen LogP contribution in [0, 0.1) is 5.82 Å². The number of hydrogen-bond acceptors (Lipinski definition) is 5. The monoisotopic (exact) mass is 463 g/mol. The molecule has 0 saturated carbocycles. The van der Waals surface area contributed by atoms with Gasteiger partial charge in [-0.15, -0.1) is 0 Å². The van der Waals surface area contributed by atoms with Gasteiger partial charge in [0.1, 0.15) is 11.5 Å². The summed E-state index contributed by atoms with van der Waals surface area (Å²) in [5.74, 6) is -2.26. The number of carbonyl (C=O) groups is 2. The minimum Gasteiger partial charge on any atom is -0.507 e. The molecule has 176 valence electrons. The molecule has 1 unspecified atom stereocenters. The summed E-state index contributed by atoms with van der Waals surface area (Å²) in [6.07, 6.45) is 1.49. The first kappa shape index (κ1) is 23.3. The Balaban J connectivity index is 1.86. The molecular formula is C27H26FNO5. The minimum absolute atomic E-state index is 0.00383. The Kier molecular flexibility index (Phi) is 6.04. The number of hydrogen-bond donors (Lipinski definition) is 1. The van der Waals surface area contributed by atoms with Crippen molar-refractivity contribution in [2.75, 3.05) is 7.11 Å². The van der Waals surface area contributed by atoms with Gasteiger partial charge in [0.15, 0.2) is 11.6 Å². The van der Waals surface area contributed by atoms with Crippen molar-refractivity contribution in [2.45, 2.75) is 38.8 Å². The fourth-order valence-electron chi connectivity index (χ4n) is 4.09. The fourth-order valence-corrected chi connectivity index (χ4v) is 4.09. The van der Waals surface area contributed by atoms with Gasteiger partial charge in [0.2, 0.25) is 0 Å². The van der Waals surface area contributed by atoms with E-state index in [1.54, 1.807) is 12.1 Å². The predicted octanol–water partition coefficient (Wildman–Crippen LogP) is 5.35. The van der Waals surface area contributed by atoms with Crippen molar-refractivity contribution in [3.05, 3.63) is 94.7 Å². The number of methoxy groups -OCH3 is 1. The van der Waals surface area contributed by atoms with Gasteiger partial charge in [-0.2, -0.15) is 0 Å². The molecule has 0 radical (unpaired) electrons. The molecule has 0 spiro atoms. The molecule has 1 aromatic heterocycles. The lowest BCUT2D eigenvalue weighted by Gasteiger charge is -2.26. The fraction of sp³-hybridized carbons (Fsp3) is 0.259. The van der Waals surface area contributed by atoms with Crippen LogP contribution < -0.4 is 4.74 Å². The van der Waals surface area contributed by atoms with Gasteiger partial charge in [-0.3, -0.25) is 9.59 Å². The zero-order valence-electron chi connectivity index (χ0n) is 19.5. The number of rotatable bonds is 5. The van der Waals surface area contributed by atoms with Gasteiger partial charge in [-0.1, -0.05) is 45.0 Å². The van der Waals surface area contributed by atoms with Crippen molar-refractivity contribution in [2.24, 2.45) is 0 Å². The Morgan fingerprint density at radius 3 is 2.38 bits per heavy atom. The molecule has 7 heteroatoms. The highest BCUT2D eigenvalue weighted by Gasteiger charge is 2.46. The van der Waals surface area contributed by atoms with E-state index in [0.29, 0.717) is 11.3 Å². The second-order valence-corrected chi connectivity index (χ2v) is 9.23. The van der Waals surface area contributed by atoms with Crippen LogP contribution in [0.2, 0.25) is 0 Å². The van der Waals surface area contributed by atoms with Crippen LogP contribution >= 0.6 is 0 Å². The van der Waals surface area contributed by atoms with E-state index < -0.39 is 29.3 Å². The number of benzene rings is 2. The van der Waals surface area contributed by atoms with Gasteiger partial charge >= 0.3 is 0 Å². The van der Waals surface area contributed by atoms with Crippen LogP contribution in [-0.4, -0.2) is 28.8 Å². The van der Waals surface area contributed by atoms with Crippen LogP contribution in [0.1, 0.15) is 49.3 Å². The second kappa shape index (κ2) is 8.82. The van der Waals surface area contributed by atoms with E-state index in [2.05, 4.69) is 20.8 Å². The van der Waals surface area contributed by atoms with Gasteiger partial charge in [0.05, 0.1) is 31.5 Å². The predicted molar refractivity (Wildman–Crippen MR) is 125 cm³/mol. The maximum atomic E-state index is 14.3. The highest BCUT2D eigenvalue weighted by molar-refractivity contribution is 6.46. The van der Waals surface area contributed by atoms with Crippen molar-refractivity contribution < 1.29 is 28.2 Å². The number of carbonyl (C=O) groups excluding carboxylic acids is 2. The summed E-state index contributed by atoms with van der Waals surface area (Å²) < 4.78 is 24.7. The van der Waals surface area contributed by atoms with Crippen molar-refractivity contribution >= 4 is 17.4 Å². The second-order valence-electron chi connectivity index (χ2n) is 9.23. The zero-order valence-corrected chi connectivity index (χ0v) is 19.5. The van der Waals surface area contributed by atoms with Crippen LogP contribution in [0.3, 0.4) is 0 Å². The lowest BCUT2D eigenvalue weighted by molar-refractivity contribution is -0.140. The van der Waals surface area contributed by atoms with Gasteiger partial charge in [-0.25, -0.2) is 4.39 Å². The summed E-state index contributed by atoms with van der Waals surface area (Å²) in [5, 5.41) is 11.1. The summed E-state index contributed by atoms with van der Waals surface area (Å²) in [5.41, 5.74) is 1.61. The molecule has 34 heavy (non-hydrogen) atoms. The number of halogens is 1. The molecule has 1 saturated heterocycles. The van der Waals surface area contributed by atoms with E-state index in [1.807, 2.05) is 24.3 Å². The topological polar surface area (TPSA) is 80.0 Å². The highest BCUT2D eigenvalue weighted by Crippen LogP contribution is 2.41. The van der Waals surface area contributed by atoms with E-state index in [0.717, 1.165) is 11.6 Å². The number of amides is 1. The Morgan fingerprint density at radius 1 is 1.12 bits per heavy atom. The van der Waals surface area contributed by atoms with E-state index in [4.69, 9.17) is 9.15 Å². The van der Waals surface area contributed by atoms with Crippen molar-refractivity contribution in [3.8, 4) is 5.75 Å². The largest absolute Gasteiger partial charge is 0.507 e. The van der Waals surface area contributed by atoms with E-state index >= 15 is 0 Å². The third-order valence-corrected chi connectivity index (χ3v) is 5.96. The minimum atomic E-state index is -0.871. The molecule has 6 nitrogen and oxygen atoms in total. The summed E-state index contributed by atoms with van der Waals surface area (Å²) in [4.78, 5) is 27.5. The van der Waals surface area contributed by atoms with Crippen molar-refractivity contribution in [1.29, 1.82) is 0 Å². The molecule has 1 atom stereocenters. The Labute approximate surface area is 197 Å². The average Bonchev–Trinajstić information content (AvgIpc) is 3.40. The molecule has 0 aliphatic carbocycles. The van der Waals surface area contributed by atoms with Crippen LogP contribution in [0.15, 0.2) is 70.9 Å². The molecule has 1 fully saturated rings. The normalized spacial score (nSPS) is 17.9. The molecule has 1 aliphatic rings. The summed E-state index contributed by atoms with van der Waals surface area (Å²) >= 11 is 0. The third-order valence-electron chi connectivity index (χ3n) is 5.96. The smallest absolute Gasteiger partial charge is 0.296 e. The van der Waals surface area contributed by atoms with Crippen LogP contribution in [0.25, 0.3) is 5.76 Å². The first-order chi connectivity index (χ1) is 16.1. The molecule has 1 N–H and O–H groups in total. The molecular weight excluding hydrogens is 437 g/mol. The molecule has 0 bridgehead atoms. The van der Waals surface area contributed by atoms with Crippen LogP contribution in [-0.2, 0) is 21.5 Å². The first-order valence-corrected chi connectivity index (χ1v) is 10.9. The third kappa shape index (κ3) is 4.21. The van der Waals surface area contributed by atoms with E-state index in [-0.39, 0.29) is 28.8 Å². The van der Waals surface area contributed by atoms with E-state index in [9.17, 15) is 19.1 Å². The Bertz CT molecular complexity index is 1250. The number of ether oxygens (including phenoxy) is 1. The summed E-state index contributed by atoms with van der Waals surface area (Å²) in [6.45, 7) is 6.30. The summed E-state index contributed by atoms with van der Waals surface area (Å²) in [6, 6.07) is 14.0. The lowest BCUT2D eigenvalue weighted by atomic mass is 9.85. The van der Waals surface area contributed by atoms with Crippen molar-refractivity contribution in [1.82, 2.24) is 4.90 Å². The zero-order chi connectivity index (χ0) is 24.6. The Hall–Kier alpha value is -3.87. The summed E-state index contributed by atoms with van der Waals surface area (Å²) in [7, 11) is 1.33. The number of aliphatic hydroxyl groups excluding tert-OH is 1. The molecule has 2 aromatic carbocycles. The Morgan fingerprint density at radius 2 is 1.82 bits per heavy atom. The van der Waals surface area contributed by atoms with E-state index in [1.165, 1.54) is 30.4 Å². The number of nitrogens with zero attached hydrogens (tertiary/aromatic N) is 1. The number of furan rings is 1. The van der Waals surface area contributed by atoms with Gasteiger partial charge in [0, 0.05) is 5.56 Å². The van der Waals surface area contributed by atoms with Crippen LogP contribution in [0.4, 0.5) is 4.39 Å². The maximum Gasteiger partial charge on any atom is 0.296 e. The number of aliphatic hydroxyl groups is 1. The number of ketones is 1. The number of likely N-dealkylation sites (tertiary alicyclic amines) is 1.